The molecule has 0 atom stereocenters. The first-order valence-electron chi connectivity index (χ1n) is 7.26. The van der Waals surface area contributed by atoms with Gasteiger partial charge in [-0.05, 0) is 59.8 Å². The van der Waals surface area contributed by atoms with E-state index < -0.39 is 5.97 Å². The number of rotatable bonds is 9. The fourth-order valence-electron chi connectivity index (χ4n) is 1.78. The molecule has 0 amide bonds. The zero-order chi connectivity index (χ0) is 15.4. The molecule has 0 heterocycles. The molecule has 0 fully saturated rings. The smallest absolute Gasteiger partial charge is 0.327 e. The second-order valence-electron chi connectivity index (χ2n) is 5.44. The van der Waals surface area contributed by atoms with E-state index in [0.717, 1.165) is 25.7 Å². The Labute approximate surface area is 123 Å². The summed E-state index contributed by atoms with van der Waals surface area (Å²) in [6, 6.07) is 0. The summed E-state index contributed by atoms with van der Waals surface area (Å²) < 4.78 is 0. The normalized spacial score (nSPS) is 12.8. The van der Waals surface area contributed by atoms with Crippen molar-refractivity contribution in [3.05, 3.63) is 47.1 Å². The Morgan fingerprint density at radius 1 is 0.900 bits per heavy atom. The minimum absolute atomic E-state index is 0.696. The van der Waals surface area contributed by atoms with Gasteiger partial charge in [0.25, 0.3) is 0 Å². The average Bonchev–Trinajstić information content (AvgIpc) is 2.34. The summed E-state index contributed by atoms with van der Waals surface area (Å²) in [5.74, 6) is -0.883. The van der Waals surface area contributed by atoms with E-state index in [4.69, 9.17) is 5.11 Å². The van der Waals surface area contributed by atoms with E-state index in [9.17, 15) is 4.79 Å². The van der Waals surface area contributed by atoms with Crippen molar-refractivity contribution < 1.29 is 9.90 Å². The molecule has 0 aliphatic carbocycles. The maximum atomic E-state index is 10.3. The van der Waals surface area contributed by atoms with E-state index in [2.05, 4.69) is 45.9 Å². The highest BCUT2D eigenvalue weighted by atomic mass is 16.4. The number of carboxylic acid groups (broad SMARTS) is 1. The van der Waals surface area contributed by atoms with Gasteiger partial charge in [0.05, 0.1) is 0 Å². The van der Waals surface area contributed by atoms with Gasteiger partial charge >= 0.3 is 5.97 Å². The summed E-state index contributed by atoms with van der Waals surface area (Å²) in [6.45, 7) is 8.55. The van der Waals surface area contributed by atoms with Gasteiger partial charge in [0.1, 0.15) is 0 Å². The molecule has 112 valence electrons. The second kappa shape index (κ2) is 11.3. The van der Waals surface area contributed by atoms with E-state index in [1.54, 1.807) is 6.08 Å². The first-order valence-corrected chi connectivity index (χ1v) is 7.26. The lowest BCUT2D eigenvalue weighted by Gasteiger charge is -2.01. The lowest BCUT2D eigenvalue weighted by Crippen LogP contribution is -1.85. The summed E-state index contributed by atoms with van der Waals surface area (Å²) in [5, 5.41) is 8.47. The standard InChI is InChI=1S/C18H28O2/c1-15(2)9-7-11-17(4)13-8-12-16(3)10-5-6-14-18(19)20/h6,9-10,13-14H,5,7-8,11-12H2,1-4H3,(H,19,20)/b14-6+,16-10+,17-13+. The van der Waals surface area contributed by atoms with Crippen LogP contribution in [0.1, 0.15) is 59.8 Å². The van der Waals surface area contributed by atoms with Crippen LogP contribution in [0.15, 0.2) is 47.1 Å². The van der Waals surface area contributed by atoms with Crippen LogP contribution in [0, 0.1) is 0 Å². The molecule has 0 radical (unpaired) electrons. The van der Waals surface area contributed by atoms with Gasteiger partial charge in [-0.1, -0.05) is 41.0 Å². The van der Waals surface area contributed by atoms with Gasteiger partial charge in [-0.2, -0.15) is 0 Å². The molecule has 1 N–H and O–H groups in total. The predicted molar refractivity (Wildman–Crippen MR) is 86.8 cm³/mol. The van der Waals surface area contributed by atoms with Crippen LogP contribution in [0.5, 0.6) is 0 Å². The minimum atomic E-state index is -0.883. The molecule has 20 heavy (non-hydrogen) atoms. The van der Waals surface area contributed by atoms with Gasteiger partial charge in [0.15, 0.2) is 0 Å². The molecule has 0 aliphatic heterocycles. The molecular weight excluding hydrogens is 248 g/mol. The van der Waals surface area contributed by atoms with Crippen molar-refractivity contribution in [1.82, 2.24) is 0 Å². The largest absolute Gasteiger partial charge is 0.478 e. The van der Waals surface area contributed by atoms with Crippen LogP contribution in [0.2, 0.25) is 0 Å². The summed E-state index contributed by atoms with van der Waals surface area (Å²) in [4.78, 5) is 10.3. The topological polar surface area (TPSA) is 37.3 Å². The molecule has 0 aromatic carbocycles. The molecule has 2 heteroatoms. The van der Waals surface area contributed by atoms with Crippen molar-refractivity contribution in [2.24, 2.45) is 0 Å². The predicted octanol–water partition coefficient (Wildman–Crippen LogP) is 5.44. The molecule has 0 unspecified atom stereocenters. The number of aliphatic carboxylic acids is 1. The van der Waals surface area contributed by atoms with E-state index >= 15 is 0 Å². The fraction of sp³-hybridized carbons (Fsp3) is 0.500. The van der Waals surface area contributed by atoms with Crippen molar-refractivity contribution in [3.63, 3.8) is 0 Å². The Morgan fingerprint density at radius 2 is 1.45 bits per heavy atom. The van der Waals surface area contributed by atoms with Gasteiger partial charge in [-0.25, -0.2) is 4.79 Å². The van der Waals surface area contributed by atoms with Crippen molar-refractivity contribution in [2.45, 2.75) is 59.8 Å². The van der Waals surface area contributed by atoms with Crippen molar-refractivity contribution in [1.29, 1.82) is 0 Å². The maximum absolute atomic E-state index is 10.3. The highest BCUT2D eigenvalue weighted by molar-refractivity contribution is 5.79. The van der Waals surface area contributed by atoms with Crippen LogP contribution >= 0.6 is 0 Å². The number of allylic oxidation sites excluding steroid dienone is 7. The van der Waals surface area contributed by atoms with Gasteiger partial charge in [0.2, 0.25) is 0 Å². The first-order chi connectivity index (χ1) is 9.41. The fourth-order valence-corrected chi connectivity index (χ4v) is 1.78. The molecular formula is C18H28O2. The third-order valence-electron chi connectivity index (χ3n) is 2.99. The Bertz CT molecular complexity index is 405. The Kier molecular flexibility index (Phi) is 10.4. The zero-order valence-electron chi connectivity index (χ0n) is 13.3. The average molecular weight is 276 g/mol. The van der Waals surface area contributed by atoms with Gasteiger partial charge in [-0.3, -0.25) is 0 Å². The van der Waals surface area contributed by atoms with E-state index in [0.29, 0.717) is 6.42 Å². The van der Waals surface area contributed by atoms with Crippen LogP contribution < -0.4 is 0 Å². The molecule has 0 rings (SSSR count). The third-order valence-corrected chi connectivity index (χ3v) is 2.99. The number of hydrogen-bond acceptors (Lipinski definition) is 1. The van der Waals surface area contributed by atoms with Crippen molar-refractivity contribution in [2.75, 3.05) is 0 Å². The maximum Gasteiger partial charge on any atom is 0.327 e. The van der Waals surface area contributed by atoms with E-state index in [1.165, 1.54) is 22.8 Å². The molecule has 0 bridgehead atoms. The highest BCUT2D eigenvalue weighted by Crippen LogP contribution is 2.11. The van der Waals surface area contributed by atoms with E-state index in [1.807, 2.05) is 0 Å². The summed E-state index contributed by atoms with van der Waals surface area (Å²) >= 11 is 0. The molecule has 2 nitrogen and oxygen atoms in total. The SMILES string of the molecule is CC(C)=CCC/C(C)=C/CC/C(C)=C/C/C=C/C(=O)O. The third kappa shape index (κ3) is 12.9. The Morgan fingerprint density at radius 3 is 2.00 bits per heavy atom. The van der Waals surface area contributed by atoms with Crippen molar-refractivity contribution in [3.8, 4) is 0 Å². The number of carboxylic acids is 1. The molecule has 0 aromatic heterocycles. The zero-order valence-corrected chi connectivity index (χ0v) is 13.3. The lowest BCUT2D eigenvalue weighted by molar-refractivity contribution is -0.131. The van der Waals surface area contributed by atoms with E-state index in [-0.39, 0.29) is 0 Å². The lowest BCUT2D eigenvalue weighted by atomic mass is 10.1. The van der Waals surface area contributed by atoms with Crippen molar-refractivity contribution >= 4 is 5.97 Å². The van der Waals surface area contributed by atoms with Gasteiger partial charge in [-0.15, -0.1) is 0 Å². The minimum Gasteiger partial charge on any atom is -0.478 e. The van der Waals surface area contributed by atoms with Crippen LogP contribution in [0.25, 0.3) is 0 Å². The summed E-state index contributed by atoms with van der Waals surface area (Å²) in [7, 11) is 0. The Hall–Kier alpha value is -1.57. The quantitative estimate of drug-likeness (QED) is 0.450. The molecule has 0 aromatic rings. The molecule has 0 saturated heterocycles. The molecule has 0 aliphatic rings. The van der Waals surface area contributed by atoms with Crippen LogP contribution in [-0.2, 0) is 4.79 Å². The molecule has 0 saturated carbocycles. The number of hydrogen-bond donors (Lipinski definition) is 1. The second-order valence-corrected chi connectivity index (χ2v) is 5.44. The monoisotopic (exact) mass is 276 g/mol. The summed E-state index contributed by atoms with van der Waals surface area (Å²) in [6.07, 6.45) is 14.6. The van der Waals surface area contributed by atoms with Crippen LogP contribution in [0.3, 0.4) is 0 Å². The Balaban J connectivity index is 3.93. The van der Waals surface area contributed by atoms with Crippen LogP contribution in [0.4, 0.5) is 0 Å². The molecule has 0 spiro atoms. The van der Waals surface area contributed by atoms with Crippen LogP contribution in [-0.4, -0.2) is 11.1 Å². The highest BCUT2D eigenvalue weighted by Gasteiger charge is 1.92. The van der Waals surface area contributed by atoms with Gasteiger partial charge in [0, 0.05) is 6.08 Å². The summed E-state index contributed by atoms with van der Waals surface area (Å²) in [5.41, 5.74) is 4.14. The van der Waals surface area contributed by atoms with Gasteiger partial charge < -0.3 is 5.11 Å². The number of carbonyl (C=O) groups is 1. The first kappa shape index (κ1) is 18.4.